The van der Waals surface area contributed by atoms with E-state index in [1.54, 1.807) is 6.33 Å². The minimum absolute atomic E-state index is 0.0769. The smallest absolute Gasteiger partial charge is 0.139 e. The number of rotatable bonds is 3. The molecule has 0 spiro atoms. The van der Waals surface area contributed by atoms with Gasteiger partial charge in [-0.1, -0.05) is 13.8 Å². The molecule has 4 heteroatoms. The van der Waals surface area contributed by atoms with Gasteiger partial charge in [0.2, 0.25) is 0 Å². The lowest BCUT2D eigenvalue weighted by atomic mass is 9.93. The summed E-state index contributed by atoms with van der Waals surface area (Å²) in [6.07, 6.45) is 1.74. The van der Waals surface area contributed by atoms with Gasteiger partial charge in [-0.3, -0.25) is 0 Å². The molecule has 0 atom stereocenters. The maximum Gasteiger partial charge on any atom is 0.139 e. The van der Waals surface area contributed by atoms with E-state index in [0.29, 0.717) is 6.54 Å². The molecule has 0 saturated heterocycles. The Hall–Kier alpha value is -0.900. The average Bonchev–Trinajstić information content (AvgIpc) is 2.52. The van der Waals surface area contributed by atoms with Crippen molar-refractivity contribution in [2.24, 2.45) is 5.73 Å². The molecule has 0 aliphatic carbocycles. The molecule has 0 saturated carbocycles. The van der Waals surface area contributed by atoms with Crippen molar-refractivity contribution in [1.82, 2.24) is 14.8 Å². The van der Waals surface area contributed by atoms with E-state index in [1.807, 2.05) is 4.57 Å². The molecule has 68 valence electrons. The first-order chi connectivity index (χ1) is 5.61. The van der Waals surface area contributed by atoms with Crippen LogP contribution in [-0.2, 0) is 12.0 Å². The predicted molar refractivity (Wildman–Crippen MR) is 47.8 cm³/mol. The molecular formula is C8H16N4. The fraction of sp³-hybridized carbons (Fsp3) is 0.750. The third-order valence-corrected chi connectivity index (χ3v) is 2.07. The van der Waals surface area contributed by atoms with E-state index in [9.17, 15) is 0 Å². The lowest BCUT2D eigenvalue weighted by molar-refractivity contribution is 0.471. The zero-order valence-electron chi connectivity index (χ0n) is 7.91. The summed E-state index contributed by atoms with van der Waals surface area (Å²) in [6, 6.07) is 0. The highest BCUT2D eigenvalue weighted by molar-refractivity contribution is 5.04. The van der Waals surface area contributed by atoms with Gasteiger partial charge in [0.25, 0.3) is 0 Å². The van der Waals surface area contributed by atoms with Crippen LogP contribution in [0.5, 0.6) is 0 Å². The molecule has 0 fully saturated rings. The lowest BCUT2D eigenvalue weighted by Gasteiger charge is -2.21. The molecule has 0 aromatic carbocycles. The standard InChI is InChI=1S/C8H16N4/c1-4-12-6-10-11-7(12)8(2,3)5-9/h6H,4-5,9H2,1-3H3. The molecule has 2 N–H and O–H groups in total. The highest BCUT2D eigenvalue weighted by Gasteiger charge is 2.24. The topological polar surface area (TPSA) is 56.7 Å². The van der Waals surface area contributed by atoms with Gasteiger partial charge in [-0.25, -0.2) is 0 Å². The van der Waals surface area contributed by atoms with Crippen LogP contribution in [0.4, 0.5) is 0 Å². The molecule has 12 heavy (non-hydrogen) atoms. The summed E-state index contributed by atoms with van der Waals surface area (Å²) in [6.45, 7) is 7.70. The van der Waals surface area contributed by atoms with Crippen LogP contribution in [0.1, 0.15) is 26.6 Å². The Bertz CT molecular complexity index is 251. The molecule has 0 amide bonds. The summed E-state index contributed by atoms with van der Waals surface area (Å²) in [7, 11) is 0. The van der Waals surface area contributed by atoms with Gasteiger partial charge in [-0.2, -0.15) is 0 Å². The summed E-state index contributed by atoms with van der Waals surface area (Å²) in [5.41, 5.74) is 5.56. The van der Waals surface area contributed by atoms with E-state index in [2.05, 4.69) is 31.0 Å². The van der Waals surface area contributed by atoms with Crippen molar-refractivity contribution in [2.45, 2.75) is 32.7 Å². The van der Waals surface area contributed by atoms with Crippen LogP contribution in [0.15, 0.2) is 6.33 Å². The van der Waals surface area contributed by atoms with Gasteiger partial charge in [-0.05, 0) is 6.92 Å². The molecular weight excluding hydrogens is 152 g/mol. The van der Waals surface area contributed by atoms with Crippen LogP contribution in [0.2, 0.25) is 0 Å². The first-order valence-electron chi connectivity index (χ1n) is 4.20. The molecule has 0 radical (unpaired) electrons. The highest BCUT2D eigenvalue weighted by Crippen LogP contribution is 2.18. The van der Waals surface area contributed by atoms with Crippen LogP contribution in [-0.4, -0.2) is 21.3 Å². The van der Waals surface area contributed by atoms with Crippen LogP contribution in [0.25, 0.3) is 0 Å². The van der Waals surface area contributed by atoms with Crippen LogP contribution in [0.3, 0.4) is 0 Å². The van der Waals surface area contributed by atoms with Crippen LogP contribution in [0, 0.1) is 0 Å². The van der Waals surface area contributed by atoms with E-state index in [0.717, 1.165) is 12.4 Å². The Morgan fingerprint density at radius 2 is 2.25 bits per heavy atom. The number of hydrogen-bond donors (Lipinski definition) is 1. The largest absolute Gasteiger partial charge is 0.329 e. The fourth-order valence-electron chi connectivity index (χ4n) is 1.10. The van der Waals surface area contributed by atoms with Crippen molar-refractivity contribution in [1.29, 1.82) is 0 Å². The molecule has 0 bridgehead atoms. The van der Waals surface area contributed by atoms with E-state index in [1.165, 1.54) is 0 Å². The normalized spacial score (nSPS) is 12.0. The summed E-state index contributed by atoms with van der Waals surface area (Å²) < 4.78 is 2.02. The van der Waals surface area contributed by atoms with E-state index >= 15 is 0 Å². The summed E-state index contributed by atoms with van der Waals surface area (Å²) in [5.74, 6) is 0.965. The number of nitrogens with zero attached hydrogens (tertiary/aromatic N) is 3. The summed E-state index contributed by atoms with van der Waals surface area (Å²) in [4.78, 5) is 0. The maximum absolute atomic E-state index is 5.64. The number of hydrogen-bond acceptors (Lipinski definition) is 3. The zero-order chi connectivity index (χ0) is 9.19. The Labute approximate surface area is 72.8 Å². The molecule has 0 unspecified atom stereocenters. The molecule has 4 nitrogen and oxygen atoms in total. The quantitative estimate of drug-likeness (QED) is 0.716. The Balaban J connectivity index is 3.00. The lowest BCUT2D eigenvalue weighted by Crippen LogP contribution is -2.31. The van der Waals surface area contributed by atoms with Gasteiger partial charge >= 0.3 is 0 Å². The molecule has 1 rings (SSSR count). The molecule has 0 aliphatic heterocycles. The predicted octanol–water partition coefficient (Wildman–Crippen LogP) is 0.534. The SMILES string of the molecule is CCn1cnnc1C(C)(C)CN. The van der Waals surface area contributed by atoms with Crippen molar-refractivity contribution in [3.8, 4) is 0 Å². The monoisotopic (exact) mass is 168 g/mol. The van der Waals surface area contributed by atoms with Gasteiger partial charge in [0.05, 0.1) is 0 Å². The van der Waals surface area contributed by atoms with Crippen LogP contribution >= 0.6 is 0 Å². The minimum atomic E-state index is -0.0769. The molecule has 1 heterocycles. The zero-order valence-corrected chi connectivity index (χ0v) is 7.91. The average molecular weight is 168 g/mol. The summed E-state index contributed by atoms with van der Waals surface area (Å²) >= 11 is 0. The van der Waals surface area contributed by atoms with Crippen molar-refractivity contribution >= 4 is 0 Å². The third kappa shape index (κ3) is 1.48. The van der Waals surface area contributed by atoms with Crippen molar-refractivity contribution < 1.29 is 0 Å². The molecule has 1 aromatic heterocycles. The number of aryl methyl sites for hydroxylation is 1. The first kappa shape index (κ1) is 9.19. The second kappa shape index (κ2) is 3.23. The fourth-order valence-corrected chi connectivity index (χ4v) is 1.10. The second-order valence-electron chi connectivity index (χ2n) is 3.53. The van der Waals surface area contributed by atoms with Gasteiger partial charge in [0.15, 0.2) is 0 Å². The van der Waals surface area contributed by atoms with Crippen molar-refractivity contribution in [2.75, 3.05) is 6.54 Å². The van der Waals surface area contributed by atoms with Gasteiger partial charge in [0, 0.05) is 18.5 Å². The number of aromatic nitrogens is 3. The Kier molecular flexibility index (Phi) is 2.47. The summed E-state index contributed by atoms with van der Waals surface area (Å²) in [5, 5.41) is 7.93. The second-order valence-corrected chi connectivity index (χ2v) is 3.53. The Morgan fingerprint density at radius 3 is 2.75 bits per heavy atom. The molecule has 1 aromatic rings. The van der Waals surface area contributed by atoms with Gasteiger partial charge in [-0.15, -0.1) is 10.2 Å². The maximum atomic E-state index is 5.64. The third-order valence-electron chi connectivity index (χ3n) is 2.07. The highest BCUT2D eigenvalue weighted by atomic mass is 15.3. The van der Waals surface area contributed by atoms with Crippen molar-refractivity contribution in [3.05, 3.63) is 12.2 Å². The van der Waals surface area contributed by atoms with E-state index < -0.39 is 0 Å². The van der Waals surface area contributed by atoms with E-state index in [-0.39, 0.29) is 5.41 Å². The first-order valence-corrected chi connectivity index (χ1v) is 4.20. The van der Waals surface area contributed by atoms with Crippen molar-refractivity contribution in [3.63, 3.8) is 0 Å². The molecule has 0 aliphatic rings. The minimum Gasteiger partial charge on any atom is -0.329 e. The number of nitrogens with two attached hydrogens (primary N) is 1. The Morgan fingerprint density at radius 1 is 1.58 bits per heavy atom. The van der Waals surface area contributed by atoms with Gasteiger partial charge in [0.1, 0.15) is 12.2 Å². The van der Waals surface area contributed by atoms with E-state index in [4.69, 9.17) is 5.73 Å². The van der Waals surface area contributed by atoms with Crippen LogP contribution < -0.4 is 5.73 Å². The van der Waals surface area contributed by atoms with Gasteiger partial charge < -0.3 is 10.3 Å².